The molecule has 2 atom stereocenters. The first-order chi connectivity index (χ1) is 9.45. The molecule has 7 heteroatoms. The van der Waals surface area contributed by atoms with Gasteiger partial charge >= 0.3 is 5.97 Å². The highest BCUT2D eigenvalue weighted by Gasteiger charge is 2.34. The van der Waals surface area contributed by atoms with Crippen molar-refractivity contribution in [3.8, 4) is 0 Å². The van der Waals surface area contributed by atoms with E-state index in [2.05, 4.69) is 10.1 Å². The van der Waals surface area contributed by atoms with Crippen LogP contribution < -0.4 is 5.32 Å². The molecule has 0 radical (unpaired) electrons. The minimum atomic E-state index is -1.47. The molecule has 7 nitrogen and oxygen atoms in total. The molecular weight excluding hydrogens is 266 g/mol. The number of hydrogen-bond acceptors (Lipinski definition) is 6. The third-order valence-electron chi connectivity index (χ3n) is 3.06. The summed E-state index contributed by atoms with van der Waals surface area (Å²) in [5, 5.41) is 22.2. The Morgan fingerprint density at radius 1 is 1.35 bits per heavy atom. The van der Waals surface area contributed by atoms with Gasteiger partial charge in [-0.1, -0.05) is 12.1 Å². The van der Waals surface area contributed by atoms with Gasteiger partial charge in [0.05, 0.1) is 30.9 Å². The molecule has 0 aromatic heterocycles. The first-order valence-corrected chi connectivity index (χ1v) is 5.87. The maximum absolute atomic E-state index is 11.7. The summed E-state index contributed by atoms with van der Waals surface area (Å²) in [6.07, 6.45) is -3.32. The van der Waals surface area contributed by atoms with Gasteiger partial charge in [-0.2, -0.15) is 0 Å². The number of aliphatic hydroxyl groups is 2. The van der Waals surface area contributed by atoms with Crippen LogP contribution in [-0.4, -0.2) is 41.1 Å². The summed E-state index contributed by atoms with van der Waals surface area (Å²) in [4.78, 5) is 34.1. The molecule has 0 fully saturated rings. The number of Topliss-reactive ketones (excluding diaryl/α,β-unsaturated/α-hetero) is 1. The van der Waals surface area contributed by atoms with Crippen molar-refractivity contribution in [3.05, 3.63) is 29.3 Å². The number of fused-ring (bicyclic) bond motifs is 1. The van der Waals surface area contributed by atoms with Crippen LogP contribution in [0.15, 0.2) is 18.2 Å². The van der Waals surface area contributed by atoms with Crippen molar-refractivity contribution in [1.29, 1.82) is 0 Å². The van der Waals surface area contributed by atoms with E-state index in [4.69, 9.17) is 0 Å². The maximum atomic E-state index is 11.7. The summed E-state index contributed by atoms with van der Waals surface area (Å²) in [6, 6.07) is 4.46. The first kappa shape index (κ1) is 14.2. The minimum absolute atomic E-state index is 0.0221. The van der Waals surface area contributed by atoms with Crippen molar-refractivity contribution in [2.75, 3.05) is 12.4 Å². The lowest BCUT2D eigenvalue weighted by Crippen LogP contribution is -2.24. The van der Waals surface area contributed by atoms with E-state index in [0.717, 1.165) is 7.11 Å². The second-order valence-electron chi connectivity index (χ2n) is 4.35. The van der Waals surface area contributed by atoms with E-state index in [1.165, 1.54) is 18.2 Å². The summed E-state index contributed by atoms with van der Waals surface area (Å²) in [5.41, 5.74) is 0.401. The topological polar surface area (TPSA) is 113 Å². The Hall–Kier alpha value is -2.25. The number of benzene rings is 1. The van der Waals surface area contributed by atoms with Crippen LogP contribution in [0.5, 0.6) is 0 Å². The predicted molar refractivity (Wildman–Crippen MR) is 67.0 cm³/mol. The van der Waals surface area contributed by atoms with Crippen molar-refractivity contribution in [2.45, 2.75) is 18.6 Å². The number of esters is 1. The second-order valence-corrected chi connectivity index (χ2v) is 4.35. The van der Waals surface area contributed by atoms with Crippen molar-refractivity contribution in [1.82, 2.24) is 0 Å². The lowest BCUT2D eigenvalue weighted by atomic mass is 9.95. The molecule has 1 amide bonds. The van der Waals surface area contributed by atoms with Crippen LogP contribution in [-0.2, 0) is 14.3 Å². The van der Waals surface area contributed by atoms with E-state index in [1.807, 2.05) is 0 Å². The summed E-state index contributed by atoms with van der Waals surface area (Å²) < 4.78 is 4.39. The van der Waals surface area contributed by atoms with Gasteiger partial charge in [-0.15, -0.1) is 0 Å². The average molecular weight is 279 g/mol. The van der Waals surface area contributed by atoms with Gasteiger partial charge in [0.15, 0.2) is 0 Å². The Morgan fingerprint density at radius 3 is 2.70 bits per heavy atom. The highest BCUT2D eigenvalue weighted by molar-refractivity contribution is 6.52. The molecule has 1 aliphatic rings. The molecule has 0 spiro atoms. The fraction of sp³-hybridized carbons (Fsp3) is 0.308. The van der Waals surface area contributed by atoms with Crippen LogP contribution in [0.25, 0.3) is 0 Å². The van der Waals surface area contributed by atoms with Crippen LogP contribution in [0.2, 0.25) is 0 Å². The summed E-state index contributed by atoms with van der Waals surface area (Å²) in [7, 11) is 1.16. The number of nitrogens with one attached hydrogen (secondary N) is 1. The van der Waals surface area contributed by atoms with Gasteiger partial charge < -0.3 is 20.3 Å². The lowest BCUT2D eigenvalue weighted by molar-refractivity contribution is -0.144. The second kappa shape index (κ2) is 5.40. The molecule has 0 saturated carbocycles. The Balaban J connectivity index is 2.30. The molecule has 0 aliphatic carbocycles. The van der Waals surface area contributed by atoms with E-state index in [9.17, 15) is 24.6 Å². The molecule has 0 bridgehead atoms. The van der Waals surface area contributed by atoms with Crippen molar-refractivity contribution >= 4 is 23.3 Å². The number of amides is 1. The molecule has 1 aromatic rings. The summed E-state index contributed by atoms with van der Waals surface area (Å²) in [5.74, 6) is -2.26. The first-order valence-electron chi connectivity index (χ1n) is 5.87. The van der Waals surface area contributed by atoms with E-state index in [1.54, 1.807) is 0 Å². The Labute approximate surface area is 114 Å². The third kappa shape index (κ3) is 2.40. The van der Waals surface area contributed by atoms with Crippen LogP contribution in [0.3, 0.4) is 0 Å². The number of ether oxygens (including phenoxy) is 1. The van der Waals surface area contributed by atoms with Crippen molar-refractivity contribution in [2.24, 2.45) is 0 Å². The monoisotopic (exact) mass is 279 g/mol. The number of aliphatic hydroxyl groups excluding tert-OH is 2. The van der Waals surface area contributed by atoms with Gasteiger partial charge in [0.2, 0.25) is 0 Å². The van der Waals surface area contributed by atoms with E-state index >= 15 is 0 Å². The number of methoxy groups -OCH3 is 1. The third-order valence-corrected chi connectivity index (χ3v) is 3.06. The van der Waals surface area contributed by atoms with Gasteiger partial charge in [-0.05, 0) is 11.6 Å². The highest BCUT2D eigenvalue weighted by Crippen LogP contribution is 2.32. The van der Waals surface area contributed by atoms with Gasteiger partial charge in [0, 0.05) is 0 Å². The molecule has 2 rings (SSSR count). The lowest BCUT2D eigenvalue weighted by Gasteiger charge is -2.18. The van der Waals surface area contributed by atoms with E-state index in [0.29, 0.717) is 0 Å². The van der Waals surface area contributed by atoms with Gasteiger partial charge in [0.1, 0.15) is 6.10 Å². The molecule has 0 saturated heterocycles. The SMILES string of the molecule is COC(=O)CC(O)C(O)c1cccc2c1C(=O)C(=O)N2. The minimum Gasteiger partial charge on any atom is -0.469 e. The van der Waals surface area contributed by atoms with Crippen LogP contribution >= 0.6 is 0 Å². The number of rotatable bonds is 4. The zero-order chi connectivity index (χ0) is 14.9. The Bertz CT molecular complexity index is 582. The average Bonchev–Trinajstić information content (AvgIpc) is 2.73. The molecule has 1 aromatic carbocycles. The van der Waals surface area contributed by atoms with Crippen molar-refractivity contribution in [3.63, 3.8) is 0 Å². The molecule has 1 aliphatic heterocycles. The number of hydrogen-bond donors (Lipinski definition) is 3. The predicted octanol–water partition coefficient (Wildman–Crippen LogP) is -0.221. The largest absolute Gasteiger partial charge is 0.469 e. The Kier molecular flexibility index (Phi) is 3.82. The molecule has 3 N–H and O–H groups in total. The quantitative estimate of drug-likeness (QED) is 0.518. The number of anilines is 1. The maximum Gasteiger partial charge on any atom is 0.308 e. The number of carbonyl (C=O) groups is 3. The van der Waals surface area contributed by atoms with Crippen LogP contribution in [0.1, 0.15) is 28.4 Å². The summed E-state index contributed by atoms with van der Waals surface area (Å²) in [6.45, 7) is 0. The molecular formula is C13H13NO6. The molecule has 2 unspecified atom stereocenters. The van der Waals surface area contributed by atoms with Crippen LogP contribution in [0, 0.1) is 0 Å². The van der Waals surface area contributed by atoms with Gasteiger partial charge in [-0.25, -0.2) is 0 Å². The normalized spacial score (nSPS) is 16.4. The standard InChI is InChI=1S/C13H13NO6/c1-20-9(16)5-8(15)11(17)6-3-2-4-7-10(6)12(18)13(19)14-7/h2-4,8,11,15,17H,5H2,1H3,(H,14,18,19). The van der Waals surface area contributed by atoms with E-state index < -0.39 is 36.3 Å². The van der Waals surface area contributed by atoms with Gasteiger partial charge in [0.25, 0.3) is 11.7 Å². The van der Waals surface area contributed by atoms with Gasteiger partial charge in [-0.3, -0.25) is 14.4 Å². The molecule has 106 valence electrons. The summed E-state index contributed by atoms with van der Waals surface area (Å²) >= 11 is 0. The number of carbonyl (C=O) groups excluding carboxylic acids is 3. The zero-order valence-corrected chi connectivity index (χ0v) is 10.6. The zero-order valence-electron chi connectivity index (χ0n) is 10.6. The molecule has 1 heterocycles. The fourth-order valence-electron chi connectivity index (χ4n) is 2.04. The van der Waals surface area contributed by atoms with Crippen molar-refractivity contribution < 1.29 is 29.3 Å². The van der Waals surface area contributed by atoms with Crippen LogP contribution in [0.4, 0.5) is 5.69 Å². The highest BCUT2D eigenvalue weighted by atomic mass is 16.5. The fourth-order valence-corrected chi connectivity index (χ4v) is 2.04. The molecule has 20 heavy (non-hydrogen) atoms. The number of ketones is 1. The smallest absolute Gasteiger partial charge is 0.308 e. The Morgan fingerprint density at radius 2 is 2.05 bits per heavy atom. The van der Waals surface area contributed by atoms with E-state index in [-0.39, 0.29) is 16.8 Å².